The standard InChI is InChI=1S/C23H18F5N7O/c1-12(23(26,27)28)35-11-30-33-21(35)17-3-2-4-19(31-17)32-22(36)15-7-14(8-16(24)20(15)25)34-9-18(29-10-34)13-5-6-13/h2-4,7-13H,5-6H2,1H3,(H,31,32,36)/t12-/m0/s1. The number of nitrogens with one attached hydrogen (secondary N) is 1. The Balaban J connectivity index is 1.42. The van der Waals surface area contributed by atoms with Gasteiger partial charge in [-0.05, 0) is 38.0 Å². The van der Waals surface area contributed by atoms with E-state index in [9.17, 15) is 26.7 Å². The number of pyridine rings is 1. The van der Waals surface area contributed by atoms with Crippen LogP contribution in [0, 0.1) is 11.6 Å². The van der Waals surface area contributed by atoms with E-state index in [1.54, 1.807) is 6.20 Å². The van der Waals surface area contributed by atoms with Crippen LogP contribution in [0.25, 0.3) is 17.2 Å². The fourth-order valence-corrected chi connectivity index (χ4v) is 3.64. The summed E-state index contributed by atoms with van der Waals surface area (Å²) in [5.41, 5.74) is 0.453. The van der Waals surface area contributed by atoms with Crippen molar-refractivity contribution in [2.45, 2.75) is 37.9 Å². The fourth-order valence-electron chi connectivity index (χ4n) is 3.64. The minimum atomic E-state index is -4.55. The van der Waals surface area contributed by atoms with Crippen LogP contribution in [0.3, 0.4) is 0 Å². The molecular formula is C23H18F5N7O. The van der Waals surface area contributed by atoms with Crippen molar-refractivity contribution in [3.8, 4) is 17.2 Å². The maximum absolute atomic E-state index is 14.5. The summed E-state index contributed by atoms with van der Waals surface area (Å²) in [5.74, 6) is -3.51. The highest BCUT2D eigenvalue weighted by Gasteiger charge is 2.39. The summed E-state index contributed by atoms with van der Waals surface area (Å²) in [6, 6.07) is 4.37. The van der Waals surface area contributed by atoms with Crippen molar-refractivity contribution in [2.24, 2.45) is 0 Å². The van der Waals surface area contributed by atoms with Crippen molar-refractivity contribution in [3.05, 3.63) is 72.1 Å². The lowest BCUT2D eigenvalue weighted by Gasteiger charge is -2.18. The van der Waals surface area contributed by atoms with Gasteiger partial charge in [0.05, 0.1) is 23.3 Å². The van der Waals surface area contributed by atoms with Gasteiger partial charge in [0.15, 0.2) is 17.5 Å². The number of alkyl halides is 3. The normalized spacial score (nSPS) is 14.6. The van der Waals surface area contributed by atoms with Crippen LogP contribution in [0.2, 0.25) is 0 Å². The van der Waals surface area contributed by atoms with Crippen LogP contribution in [0.5, 0.6) is 0 Å². The van der Waals surface area contributed by atoms with Gasteiger partial charge in [-0.3, -0.25) is 4.79 Å². The van der Waals surface area contributed by atoms with Gasteiger partial charge in [-0.25, -0.2) is 18.7 Å². The van der Waals surface area contributed by atoms with E-state index in [2.05, 4.69) is 25.5 Å². The van der Waals surface area contributed by atoms with Gasteiger partial charge >= 0.3 is 6.18 Å². The Bertz CT molecular complexity index is 1440. The minimum absolute atomic E-state index is 0.00664. The summed E-state index contributed by atoms with van der Waals surface area (Å²) in [6.07, 6.45) is 1.57. The van der Waals surface area contributed by atoms with Gasteiger partial charge in [0.2, 0.25) is 0 Å². The maximum Gasteiger partial charge on any atom is 0.408 e. The second-order valence-corrected chi connectivity index (χ2v) is 8.41. The highest BCUT2D eigenvalue weighted by Crippen LogP contribution is 2.39. The van der Waals surface area contributed by atoms with E-state index in [0.29, 0.717) is 5.92 Å². The lowest BCUT2D eigenvalue weighted by molar-refractivity contribution is -0.162. The van der Waals surface area contributed by atoms with Gasteiger partial charge in [0.1, 0.15) is 23.9 Å². The van der Waals surface area contributed by atoms with E-state index < -0.39 is 35.3 Å². The molecule has 3 aromatic heterocycles. The third-order valence-electron chi connectivity index (χ3n) is 5.84. The van der Waals surface area contributed by atoms with Crippen molar-refractivity contribution in [2.75, 3.05) is 5.32 Å². The summed E-state index contributed by atoms with van der Waals surface area (Å²) in [5, 5.41) is 9.60. The molecule has 0 bridgehead atoms. The van der Waals surface area contributed by atoms with E-state index in [0.717, 1.165) is 42.4 Å². The lowest BCUT2D eigenvalue weighted by Crippen LogP contribution is -2.24. The molecule has 1 N–H and O–H groups in total. The lowest BCUT2D eigenvalue weighted by atomic mass is 10.1. The molecule has 1 aromatic carbocycles. The van der Waals surface area contributed by atoms with Crippen molar-refractivity contribution < 1.29 is 26.7 Å². The third kappa shape index (κ3) is 4.55. The van der Waals surface area contributed by atoms with Gasteiger partial charge < -0.3 is 14.5 Å². The molecule has 1 amide bonds. The summed E-state index contributed by atoms with van der Waals surface area (Å²) in [7, 11) is 0. The molecular weight excluding hydrogens is 485 g/mol. The van der Waals surface area contributed by atoms with E-state index in [-0.39, 0.29) is 23.0 Å². The van der Waals surface area contributed by atoms with Crippen LogP contribution in [0.15, 0.2) is 49.2 Å². The van der Waals surface area contributed by atoms with Crippen molar-refractivity contribution in [3.63, 3.8) is 0 Å². The molecule has 13 heteroatoms. The number of rotatable bonds is 6. The largest absolute Gasteiger partial charge is 0.408 e. The highest BCUT2D eigenvalue weighted by atomic mass is 19.4. The summed E-state index contributed by atoms with van der Waals surface area (Å²) in [4.78, 5) is 21.2. The number of benzene rings is 1. The minimum Gasteiger partial charge on any atom is -0.306 e. The SMILES string of the molecule is C[C@H](n1cnnc1-c1cccc(NC(=O)c2cc(-n3cnc(C4CC4)c3)cc(F)c2F)n1)C(F)(F)F. The molecule has 0 aliphatic heterocycles. The number of hydrogen-bond donors (Lipinski definition) is 1. The topological polar surface area (TPSA) is 90.5 Å². The predicted octanol–water partition coefficient (Wildman–Crippen LogP) is 5.06. The van der Waals surface area contributed by atoms with Crippen LogP contribution >= 0.6 is 0 Å². The molecule has 1 aliphatic carbocycles. The average Bonchev–Trinajstić information content (AvgIpc) is 3.36. The molecule has 5 rings (SSSR count). The molecule has 4 aromatic rings. The van der Waals surface area contributed by atoms with Gasteiger partial charge in [-0.1, -0.05) is 6.07 Å². The number of anilines is 1. The van der Waals surface area contributed by atoms with Crippen LogP contribution < -0.4 is 5.32 Å². The molecule has 0 radical (unpaired) electrons. The molecule has 36 heavy (non-hydrogen) atoms. The molecule has 186 valence electrons. The molecule has 1 fully saturated rings. The molecule has 3 heterocycles. The van der Waals surface area contributed by atoms with Crippen LogP contribution in [-0.4, -0.2) is 41.4 Å². The van der Waals surface area contributed by atoms with Crippen molar-refractivity contribution >= 4 is 11.7 Å². The first-order valence-electron chi connectivity index (χ1n) is 10.9. The zero-order valence-electron chi connectivity index (χ0n) is 18.7. The number of imidazole rings is 1. The van der Waals surface area contributed by atoms with Gasteiger partial charge in [-0.2, -0.15) is 13.2 Å². The second-order valence-electron chi connectivity index (χ2n) is 8.41. The molecule has 1 atom stereocenters. The number of carbonyl (C=O) groups is 1. The number of hydrogen-bond acceptors (Lipinski definition) is 5. The average molecular weight is 503 g/mol. The van der Waals surface area contributed by atoms with Crippen LogP contribution in [0.1, 0.15) is 47.8 Å². The molecule has 0 spiro atoms. The molecule has 1 aliphatic rings. The monoisotopic (exact) mass is 503 g/mol. The van der Waals surface area contributed by atoms with Gasteiger partial charge in [-0.15, -0.1) is 10.2 Å². The molecule has 1 saturated carbocycles. The number of aromatic nitrogens is 6. The van der Waals surface area contributed by atoms with Crippen LogP contribution in [0.4, 0.5) is 27.8 Å². The van der Waals surface area contributed by atoms with Crippen molar-refractivity contribution in [1.82, 2.24) is 29.3 Å². The smallest absolute Gasteiger partial charge is 0.306 e. The molecule has 8 nitrogen and oxygen atoms in total. The quantitative estimate of drug-likeness (QED) is 0.372. The highest BCUT2D eigenvalue weighted by molar-refractivity contribution is 6.04. The predicted molar refractivity (Wildman–Crippen MR) is 117 cm³/mol. The van der Waals surface area contributed by atoms with Gasteiger partial charge in [0.25, 0.3) is 5.91 Å². The first-order valence-corrected chi connectivity index (χ1v) is 10.9. The Hall–Kier alpha value is -4.16. The van der Waals surface area contributed by atoms with Gasteiger partial charge in [0, 0.05) is 18.2 Å². The van der Waals surface area contributed by atoms with E-state index in [1.807, 2.05) is 0 Å². The Labute approximate surface area is 200 Å². The Morgan fingerprint density at radius 3 is 2.67 bits per heavy atom. The Morgan fingerprint density at radius 1 is 1.17 bits per heavy atom. The third-order valence-corrected chi connectivity index (χ3v) is 5.84. The number of carbonyl (C=O) groups excluding carboxylic acids is 1. The van der Waals surface area contributed by atoms with E-state index in [4.69, 9.17) is 0 Å². The summed E-state index contributed by atoms with van der Waals surface area (Å²) >= 11 is 0. The second kappa shape index (κ2) is 8.81. The first-order chi connectivity index (χ1) is 17.1. The maximum atomic E-state index is 14.5. The zero-order chi connectivity index (χ0) is 25.6. The zero-order valence-corrected chi connectivity index (χ0v) is 18.7. The molecule has 0 unspecified atom stereocenters. The summed E-state index contributed by atoms with van der Waals surface area (Å²) in [6.45, 7) is 0.941. The van der Waals surface area contributed by atoms with E-state index in [1.165, 1.54) is 35.2 Å². The first kappa shape index (κ1) is 23.6. The van der Waals surface area contributed by atoms with E-state index >= 15 is 0 Å². The Kier molecular flexibility index (Phi) is 5.77. The summed E-state index contributed by atoms with van der Waals surface area (Å²) < 4.78 is 70.8. The molecule has 0 saturated heterocycles. The van der Waals surface area contributed by atoms with Crippen molar-refractivity contribution in [1.29, 1.82) is 0 Å². The Morgan fingerprint density at radius 2 is 1.94 bits per heavy atom. The number of halogens is 5. The number of nitrogens with zero attached hydrogens (tertiary/aromatic N) is 6. The van der Waals surface area contributed by atoms with Crippen LogP contribution in [-0.2, 0) is 0 Å². The fraction of sp³-hybridized carbons (Fsp3) is 0.261. The number of amides is 1.